The van der Waals surface area contributed by atoms with Gasteiger partial charge in [-0.1, -0.05) is 15.9 Å². The second-order valence-electron chi connectivity index (χ2n) is 4.50. The summed E-state index contributed by atoms with van der Waals surface area (Å²) in [5, 5.41) is 0. The third-order valence-corrected chi connectivity index (χ3v) is 3.51. The Morgan fingerprint density at radius 2 is 2.33 bits per heavy atom. The summed E-state index contributed by atoms with van der Waals surface area (Å²) in [5.41, 5.74) is 0.619. The number of carbonyl (C=O) groups is 1. The van der Waals surface area contributed by atoms with E-state index in [4.69, 9.17) is 9.47 Å². The third kappa shape index (κ3) is 3.56. The number of hydrogen-bond acceptors (Lipinski definition) is 3. The summed E-state index contributed by atoms with van der Waals surface area (Å²) < 4.78 is 12.3. The molecule has 1 aliphatic rings. The summed E-state index contributed by atoms with van der Waals surface area (Å²) in [4.78, 5) is 11.5. The number of rotatable bonds is 4. The van der Waals surface area contributed by atoms with E-state index < -0.39 is 0 Å². The van der Waals surface area contributed by atoms with Gasteiger partial charge in [0, 0.05) is 11.1 Å². The van der Waals surface area contributed by atoms with Crippen LogP contribution in [0.25, 0.3) is 0 Å². The molecule has 1 atom stereocenters. The second kappa shape index (κ2) is 6.34. The van der Waals surface area contributed by atoms with Gasteiger partial charge in [0.05, 0.1) is 11.7 Å². The molecule has 3 nitrogen and oxygen atoms in total. The third-order valence-electron chi connectivity index (χ3n) is 3.02. The highest BCUT2D eigenvalue weighted by atomic mass is 79.9. The molecular weight excluding hydrogens is 296 g/mol. The van der Waals surface area contributed by atoms with Crippen molar-refractivity contribution in [2.45, 2.75) is 32.3 Å². The van der Waals surface area contributed by atoms with E-state index in [0.717, 1.165) is 23.9 Å². The molecule has 1 fully saturated rings. The average molecular weight is 313 g/mol. The summed E-state index contributed by atoms with van der Waals surface area (Å²) in [6, 6.07) is 5.46. The van der Waals surface area contributed by atoms with Gasteiger partial charge in [-0.25, -0.2) is 0 Å². The molecule has 1 aliphatic heterocycles. The molecule has 1 unspecified atom stereocenters. The highest BCUT2D eigenvalue weighted by molar-refractivity contribution is 9.10. The maximum atomic E-state index is 11.5. The Kier molecular flexibility index (Phi) is 4.78. The summed E-state index contributed by atoms with van der Waals surface area (Å²) in [7, 11) is 0. The van der Waals surface area contributed by atoms with Crippen LogP contribution in [0.4, 0.5) is 0 Å². The van der Waals surface area contributed by atoms with Gasteiger partial charge in [0.25, 0.3) is 0 Å². The monoisotopic (exact) mass is 312 g/mol. The van der Waals surface area contributed by atoms with Gasteiger partial charge >= 0.3 is 0 Å². The molecule has 0 aromatic heterocycles. The lowest BCUT2D eigenvalue weighted by Crippen LogP contribution is -2.26. The van der Waals surface area contributed by atoms with Crippen LogP contribution in [0.3, 0.4) is 0 Å². The fourth-order valence-electron chi connectivity index (χ4n) is 2.03. The molecule has 0 N–H and O–H groups in total. The largest absolute Gasteiger partial charge is 0.490 e. The molecule has 18 heavy (non-hydrogen) atoms. The molecule has 0 saturated carbocycles. The number of ether oxygens (including phenoxy) is 2. The molecule has 0 amide bonds. The van der Waals surface area contributed by atoms with Crippen LogP contribution in [0.5, 0.6) is 5.75 Å². The molecule has 1 heterocycles. The molecule has 2 rings (SSSR count). The van der Waals surface area contributed by atoms with E-state index in [1.165, 1.54) is 6.42 Å². The van der Waals surface area contributed by atoms with Crippen molar-refractivity contribution in [2.24, 2.45) is 0 Å². The summed E-state index contributed by atoms with van der Waals surface area (Å²) >= 11 is 3.39. The van der Waals surface area contributed by atoms with E-state index in [0.29, 0.717) is 17.9 Å². The SMILES string of the molecule is CC(=O)c1ccc(Br)cc1OCC1CCCCO1. The number of benzene rings is 1. The number of ketones is 1. The first kappa shape index (κ1) is 13.6. The minimum absolute atomic E-state index is 0.0158. The van der Waals surface area contributed by atoms with Crippen molar-refractivity contribution in [1.29, 1.82) is 0 Å². The minimum atomic E-state index is 0.0158. The topological polar surface area (TPSA) is 35.5 Å². The van der Waals surface area contributed by atoms with Gasteiger partial charge in [-0.2, -0.15) is 0 Å². The Morgan fingerprint density at radius 1 is 1.50 bits per heavy atom. The van der Waals surface area contributed by atoms with Gasteiger partial charge in [-0.05, 0) is 44.4 Å². The quantitative estimate of drug-likeness (QED) is 0.797. The van der Waals surface area contributed by atoms with Gasteiger partial charge in [0.1, 0.15) is 12.4 Å². The zero-order valence-corrected chi connectivity index (χ0v) is 12.0. The zero-order valence-electron chi connectivity index (χ0n) is 10.4. The first-order valence-corrected chi connectivity index (χ1v) is 7.01. The van der Waals surface area contributed by atoms with Crippen molar-refractivity contribution in [3.63, 3.8) is 0 Å². The lowest BCUT2D eigenvalue weighted by molar-refractivity contribution is -0.0112. The summed E-state index contributed by atoms with van der Waals surface area (Å²) in [5.74, 6) is 0.646. The second-order valence-corrected chi connectivity index (χ2v) is 5.41. The predicted molar refractivity (Wildman–Crippen MR) is 73.2 cm³/mol. The Morgan fingerprint density at radius 3 is 3.00 bits per heavy atom. The molecule has 0 radical (unpaired) electrons. The van der Waals surface area contributed by atoms with E-state index in [-0.39, 0.29) is 11.9 Å². The van der Waals surface area contributed by atoms with Crippen LogP contribution in [0.1, 0.15) is 36.5 Å². The van der Waals surface area contributed by atoms with Crippen molar-refractivity contribution in [2.75, 3.05) is 13.2 Å². The van der Waals surface area contributed by atoms with Gasteiger partial charge in [0.15, 0.2) is 5.78 Å². The standard InChI is InChI=1S/C14H17BrO3/c1-10(16)13-6-5-11(15)8-14(13)18-9-12-4-2-3-7-17-12/h5-6,8,12H,2-4,7,9H2,1H3. The normalized spacial score (nSPS) is 19.6. The average Bonchev–Trinajstić information content (AvgIpc) is 2.37. The fraction of sp³-hybridized carbons (Fsp3) is 0.500. The van der Waals surface area contributed by atoms with Gasteiger partial charge in [-0.15, -0.1) is 0 Å². The van der Waals surface area contributed by atoms with E-state index in [2.05, 4.69) is 15.9 Å². The molecule has 4 heteroatoms. The molecule has 1 saturated heterocycles. The van der Waals surface area contributed by atoms with Crippen LogP contribution < -0.4 is 4.74 Å². The lowest BCUT2D eigenvalue weighted by Gasteiger charge is -2.23. The highest BCUT2D eigenvalue weighted by Crippen LogP contribution is 2.25. The van der Waals surface area contributed by atoms with Crippen LogP contribution >= 0.6 is 15.9 Å². The highest BCUT2D eigenvalue weighted by Gasteiger charge is 2.16. The van der Waals surface area contributed by atoms with E-state index in [1.807, 2.05) is 12.1 Å². The van der Waals surface area contributed by atoms with Crippen LogP contribution in [0, 0.1) is 0 Å². The number of halogens is 1. The lowest BCUT2D eigenvalue weighted by atomic mass is 10.1. The number of Topliss-reactive ketones (excluding diaryl/α,β-unsaturated/α-hetero) is 1. The molecule has 1 aromatic carbocycles. The molecule has 1 aromatic rings. The predicted octanol–water partition coefficient (Wildman–Crippen LogP) is 3.60. The first-order valence-electron chi connectivity index (χ1n) is 6.21. The zero-order chi connectivity index (χ0) is 13.0. The summed E-state index contributed by atoms with van der Waals surface area (Å²) in [6.45, 7) is 2.87. The van der Waals surface area contributed by atoms with E-state index >= 15 is 0 Å². The fourth-order valence-corrected chi connectivity index (χ4v) is 2.37. The molecule has 0 spiro atoms. The number of carbonyl (C=O) groups excluding carboxylic acids is 1. The Bertz CT molecular complexity index is 425. The van der Waals surface area contributed by atoms with Crippen LogP contribution in [0.2, 0.25) is 0 Å². The molecule has 0 bridgehead atoms. The smallest absolute Gasteiger partial charge is 0.163 e. The Labute approximate surface area is 116 Å². The van der Waals surface area contributed by atoms with Gasteiger partial charge in [0.2, 0.25) is 0 Å². The van der Waals surface area contributed by atoms with Crippen molar-refractivity contribution in [3.8, 4) is 5.75 Å². The maximum Gasteiger partial charge on any atom is 0.163 e. The van der Waals surface area contributed by atoms with Crippen LogP contribution in [-0.4, -0.2) is 25.1 Å². The Hall–Kier alpha value is -0.870. The van der Waals surface area contributed by atoms with Crippen LogP contribution in [-0.2, 0) is 4.74 Å². The minimum Gasteiger partial charge on any atom is -0.490 e. The van der Waals surface area contributed by atoms with Crippen LogP contribution in [0.15, 0.2) is 22.7 Å². The van der Waals surface area contributed by atoms with Crippen molar-refractivity contribution < 1.29 is 14.3 Å². The van der Waals surface area contributed by atoms with Gasteiger partial charge < -0.3 is 9.47 Å². The first-order chi connectivity index (χ1) is 8.66. The summed E-state index contributed by atoms with van der Waals surface area (Å²) in [6.07, 6.45) is 3.50. The van der Waals surface area contributed by atoms with Crippen molar-refractivity contribution in [3.05, 3.63) is 28.2 Å². The van der Waals surface area contributed by atoms with Gasteiger partial charge in [-0.3, -0.25) is 4.79 Å². The molecule has 98 valence electrons. The number of hydrogen-bond donors (Lipinski definition) is 0. The molecular formula is C14H17BrO3. The Balaban J connectivity index is 2.03. The van der Waals surface area contributed by atoms with E-state index in [9.17, 15) is 4.79 Å². The molecule has 0 aliphatic carbocycles. The maximum absolute atomic E-state index is 11.5. The van der Waals surface area contributed by atoms with Crippen molar-refractivity contribution in [1.82, 2.24) is 0 Å². The van der Waals surface area contributed by atoms with Crippen molar-refractivity contribution >= 4 is 21.7 Å². The van der Waals surface area contributed by atoms with E-state index in [1.54, 1.807) is 13.0 Å².